The molecule has 3 rings (SSSR count). The van der Waals surface area contributed by atoms with Crippen LogP contribution in [0.25, 0.3) is 5.82 Å². The van der Waals surface area contributed by atoms with Crippen LogP contribution in [0, 0.1) is 6.92 Å². The second-order valence-electron chi connectivity index (χ2n) is 6.13. The zero-order valence-corrected chi connectivity index (χ0v) is 15.1. The third-order valence-electron chi connectivity index (χ3n) is 3.94. The van der Waals surface area contributed by atoms with E-state index in [9.17, 15) is 9.59 Å². The second-order valence-corrected chi connectivity index (χ2v) is 6.13. The van der Waals surface area contributed by atoms with Crippen LogP contribution in [-0.2, 0) is 9.59 Å². The van der Waals surface area contributed by atoms with Crippen molar-refractivity contribution >= 4 is 17.5 Å². The average molecular weight is 364 g/mol. The van der Waals surface area contributed by atoms with Gasteiger partial charge in [-0.05, 0) is 24.6 Å². The lowest BCUT2D eigenvalue weighted by Crippen LogP contribution is -2.30. The van der Waals surface area contributed by atoms with E-state index in [0.717, 1.165) is 11.1 Å². The van der Waals surface area contributed by atoms with E-state index in [1.54, 1.807) is 18.3 Å². The molecular formula is C19H20N6O2. The highest BCUT2D eigenvalue weighted by molar-refractivity contribution is 5.93. The Hall–Kier alpha value is -3.55. The highest BCUT2D eigenvalue weighted by Crippen LogP contribution is 2.20. The summed E-state index contributed by atoms with van der Waals surface area (Å²) in [6, 6.07) is 10.8. The van der Waals surface area contributed by atoms with Crippen LogP contribution in [0.3, 0.4) is 0 Å². The van der Waals surface area contributed by atoms with Gasteiger partial charge in [0.2, 0.25) is 11.8 Å². The molecule has 27 heavy (non-hydrogen) atoms. The molecule has 8 nitrogen and oxygen atoms in total. The van der Waals surface area contributed by atoms with Crippen LogP contribution in [0.15, 0.2) is 55.2 Å². The van der Waals surface area contributed by atoms with E-state index in [2.05, 4.69) is 25.7 Å². The van der Waals surface area contributed by atoms with Crippen molar-refractivity contribution in [3.8, 4) is 5.82 Å². The van der Waals surface area contributed by atoms with E-state index in [-0.39, 0.29) is 18.2 Å². The fourth-order valence-corrected chi connectivity index (χ4v) is 2.68. The topological polar surface area (TPSA) is 102 Å². The molecule has 0 saturated heterocycles. The summed E-state index contributed by atoms with van der Waals surface area (Å²) in [5.41, 5.74) is 2.49. The number of hydrogen-bond acceptors (Lipinski definition) is 5. The number of pyridine rings is 1. The molecule has 0 fully saturated rings. The summed E-state index contributed by atoms with van der Waals surface area (Å²) < 4.78 is 1.47. The van der Waals surface area contributed by atoms with E-state index in [0.29, 0.717) is 11.5 Å². The van der Waals surface area contributed by atoms with Gasteiger partial charge in [0.05, 0.1) is 18.2 Å². The van der Waals surface area contributed by atoms with Gasteiger partial charge in [0, 0.05) is 13.1 Å². The Balaban J connectivity index is 1.77. The molecule has 0 saturated carbocycles. The lowest BCUT2D eigenvalue weighted by Gasteiger charge is -2.19. The predicted molar refractivity (Wildman–Crippen MR) is 100 cm³/mol. The first-order chi connectivity index (χ1) is 13.0. The quantitative estimate of drug-likeness (QED) is 0.698. The van der Waals surface area contributed by atoms with Crippen LogP contribution in [0.5, 0.6) is 0 Å². The number of nitrogens with zero attached hydrogens (tertiary/aromatic N) is 4. The molecule has 1 atom stereocenters. The molecule has 0 bridgehead atoms. The number of amides is 2. The van der Waals surface area contributed by atoms with Crippen LogP contribution in [0.2, 0.25) is 0 Å². The first kappa shape index (κ1) is 18.2. The Morgan fingerprint density at radius 3 is 2.63 bits per heavy atom. The minimum absolute atomic E-state index is 0.0916. The van der Waals surface area contributed by atoms with Crippen molar-refractivity contribution in [3.05, 3.63) is 66.4 Å². The zero-order chi connectivity index (χ0) is 19.2. The van der Waals surface area contributed by atoms with Crippen molar-refractivity contribution < 1.29 is 9.59 Å². The van der Waals surface area contributed by atoms with Gasteiger partial charge in [0.25, 0.3) is 0 Å². The maximum atomic E-state index is 12.6. The maximum absolute atomic E-state index is 12.6. The molecule has 2 aromatic heterocycles. The second kappa shape index (κ2) is 8.22. The number of anilines is 1. The summed E-state index contributed by atoms with van der Waals surface area (Å²) in [5, 5.41) is 9.72. The molecule has 3 aromatic rings. The summed E-state index contributed by atoms with van der Waals surface area (Å²) in [6.45, 7) is 3.42. The van der Waals surface area contributed by atoms with E-state index < -0.39 is 6.04 Å². The van der Waals surface area contributed by atoms with Crippen molar-refractivity contribution in [3.63, 3.8) is 0 Å². The molecule has 0 aliphatic rings. The molecule has 138 valence electrons. The minimum Gasteiger partial charge on any atom is -0.349 e. The number of nitrogens with one attached hydrogen (secondary N) is 2. The minimum atomic E-state index is -0.422. The van der Waals surface area contributed by atoms with Crippen molar-refractivity contribution in [2.24, 2.45) is 0 Å². The predicted octanol–water partition coefficient (Wildman–Crippen LogP) is 2.18. The Labute approximate surface area is 156 Å². The van der Waals surface area contributed by atoms with Gasteiger partial charge in [-0.25, -0.2) is 14.6 Å². The van der Waals surface area contributed by atoms with Crippen molar-refractivity contribution in [2.75, 3.05) is 5.32 Å². The SMILES string of the molecule is CC(=O)NC(CC(=O)Nc1cccnc1-n1cncn1)c1ccc(C)cc1. The van der Waals surface area contributed by atoms with Gasteiger partial charge in [-0.2, -0.15) is 5.10 Å². The van der Waals surface area contributed by atoms with E-state index >= 15 is 0 Å². The number of carbonyl (C=O) groups is 2. The van der Waals surface area contributed by atoms with Crippen LogP contribution < -0.4 is 10.6 Å². The summed E-state index contributed by atoms with van der Waals surface area (Å²) in [5.74, 6) is 0.0245. The number of carbonyl (C=O) groups excluding carboxylic acids is 2. The lowest BCUT2D eigenvalue weighted by atomic mass is 10.0. The number of rotatable bonds is 6. The Morgan fingerprint density at radius 1 is 1.19 bits per heavy atom. The van der Waals surface area contributed by atoms with Crippen molar-refractivity contribution in [1.82, 2.24) is 25.1 Å². The third kappa shape index (κ3) is 4.75. The Morgan fingerprint density at radius 2 is 1.96 bits per heavy atom. The third-order valence-corrected chi connectivity index (χ3v) is 3.94. The first-order valence-corrected chi connectivity index (χ1v) is 8.46. The Bertz CT molecular complexity index is 922. The van der Waals surface area contributed by atoms with Crippen LogP contribution in [-0.4, -0.2) is 31.6 Å². The van der Waals surface area contributed by atoms with Crippen molar-refractivity contribution in [1.29, 1.82) is 0 Å². The molecule has 0 aliphatic heterocycles. The molecule has 2 amide bonds. The largest absolute Gasteiger partial charge is 0.349 e. The van der Waals surface area contributed by atoms with Crippen LogP contribution in [0.4, 0.5) is 5.69 Å². The monoisotopic (exact) mass is 364 g/mol. The van der Waals surface area contributed by atoms with Gasteiger partial charge >= 0.3 is 0 Å². The van der Waals surface area contributed by atoms with Gasteiger partial charge in [-0.15, -0.1) is 0 Å². The van der Waals surface area contributed by atoms with Crippen molar-refractivity contribution in [2.45, 2.75) is 26.3 Å². The molecule has 2 N–H and O–H groups in total. The van der Waals surface area contributed by atoms with Gasteiger partial charge in [0.1, 0.15) is 12.7 Å². The number of aromatic nitrogens is 4. The molecule has 2 heterocycles. The van der Waals surface area contributed by atoms with Crippen LogP contribution in [0.1, 0.15) is 30.5 Å². The highest BCUT2D eigenvalue weighted by atomic mass is 16.2. The smallest absolute Gasteiger partial charge is 0.226 e. The fourth-order valence-electron chi connectivity index (χ4n) is 2.68. The van der Waals surface area contributed by atoms with Gasteiger partial charge in [-0.1, -0.05) is 29.8 Å². The maximum Gasteiger partial charge on any atom is 0.226 e. The standard InChI is InChI=1S/C19H20N6O2/c1-13-5-7-15(8-6-13)17(23-14(2)26)10-18(27)24-16-4-3-9-21-19(16)25-12-20-11-22-25/h3-9,11-12,17H,10H2,1-2H3,(H,23,26)(H,24,27). The summed E-state index contributed by atoms with van der Waals surface area (Å²) in [4.78, 5) is 32.3. The molecular weight excluding hydrogens is 344 g/mol. The Kier molecular flexibility index (Phi) is 5.55. The highest BCUT2D eigenvalue weighted by Gasteiger charge is 2.18. The fraction of sp³-hybridized carbons (Fsp3) is 0.211. The lowest BCUT2D eigenvalue weighted by molar-refractivity contribution is -0.120. The van der Waals surface area contributed by atoms with Crippen LogP contribution >= 0.6 is 0 Å². The summed E-state index contributed by atoms with van der Waals surface area (Å²) >= 11 is 0. The first-order valence-electron chi connectivity index (χ1n) is 8.46. The van der Waals surface area contributed by atoms with Gasteiger partial charge < -0.3 is 10.6 Å². The molecule has 0 spiro atoms. The molecule has 8 heteroatoms. The normalized spacial score (nSPS) is 11.6. The summed E-state index contributed by atoms with van der Waals surface area (Å²) in [7, 11) is 0. The molecule has 0 radical (unpaired) electrons. The van der Waals surface area contributed by atoms with E-state index in [1.165, 1.54) is 24.3 Å². The van der Waals surface area contributed by atoms with Gasteiger partial charge in [0.15, 0.2) is 5.82 Å². The number of aryl methyl sites for hydroxylation is 1. The summed E-state index contributed by atoms with van der Waals surface area (Å²) in [6.07, 6.45) is 4.60. The number of hydrogen-bond donors (Lipinski definition) is 2. The number of benzene rings is 1. The molecule has 1 aromatic carbocycles. The molecule has 0 aliphatic carbocycles. The van der Waals surface area contributed by atoms with Gasteiger partial charge in [-0.3, -0.25) is 9.59 Å². The zero-order valence-electron chi connectivity index (χ0n) is 15.1. The van der Waals surface area contributed by atoms with E-state index in [1.807, 2.05) is 31.2 Å². The van der Waals surface area contributed by atoms with E-state index in [4.69, 9.17) is 0 Å². The molecule has 1 unspecified atom stereocenters. The average Bonchev–Trinajstić information content (AvgIpc) is 3.16.